The Morgan fingerprint density at radius 3 is 2.44 bits per heavy atom. The summed E-state index contributed by atoms with van der Waals surface area (Å²) in [5.74, 6) is 0.810. The summed E-state index contributed by atoms with van der Waals surface area (Å²) in [5, 5.41) is 12.9. The predicted octanol–water partition coefficient (Wildman–Crippen LogP) is 4.47. The molecule has 1 aromatic heterocycles. The third-order valence-electron chi connectivity index (χ3n) is 6.68. The van der Waals surface area contributed by atoms with Gasteiger partial charge in [0.15, 0.2) is 0 Å². The standard InChI is InChI=1S/C24H24FN3O4/c1-23(2)14-24(23,17-7-9-18(25)10-8-17)21-26-20(27-32-21)16-5-3-15(4-6-16)11-28-12-19(13-28)31-22(29)30/h3-10,19H,11-14H2,1-2H3,(H,29,30). The van der Waals surface area contributed by atoms with Crippen LogP contribution in [0.5, 0.6) is 0 Å². The van der Waals surface area contributed by atoms with Crippen LogP contribution < -0.4 is 0 Å². The van der Waals surface area contributed by atoms with Crippen molar-refractivity contribution in [2.45, 2.75) is 38.3 Å². The van der Waals surface area contributed by atoms with Gasteiger partial charge >= 0.3 is 6.16 Å². The van der Waals surface area contributed by atoms with Crippen LogP contribution in [0, 0.1) is 11.2 Å². The van der Waals surface area contributed by atoms with Gasteiger partial charge < -0.3 is 14.4 Å². The van der Waals surface area contributed by atoms with E-state index in [1.807, 2.05) is 24.3 Å². The number of carboxylic acid groups (broad SMARTS) is 1. The van der Waals surface area contributed by atoms with Gasteiger partial charge in [-0.05, 0) is 35.1 Å². The Morgan fingerprint density at radius 1 is 1.19 bits per heavy atom. The van der Waals surface area contributed by atoms with Crippen LogP contribution in [0.15, 0.2) is 53.1 Å². The SMILES string of the molecule is CC1(C)CC1(c1ccc(F)cc1)c1nc(-c2ccc(CN3CC(OC(=O)O)C3)cc2)no1. The van der Waals surface area contributed by atoms with E-state index in [4.69, 9.17) is 19.4 Å². The fourth-order valence-electron chi connectivity index (χ4n) is 4.73. The maximum absolute atomic E-state index is 13.4. The molecule has 2 aromatic carbocycles. The number of benzene rings is 2. The van der Waals surface area contributed by atoms with Gasteiger partial charge in [-0.15, -0.1) is 0 Å². The molecule has 1 aliphatic carbocycles. The highest BCUT2D eigenvalue weighted by Gasteiger charge is 2.66. The molecule has 166 valence electrons. The highest BCUT2D eigenvalue weighted by molar-refractivity contribution is 5.57. The number of ether oxygens (including phenoxy) is 1. The zero-order valence-corrected chi connectivity index (χ0v) is 17.9. The van der Waals surface area contributed by atoms with Crippen LogP contribution in [0.25, 0.3) is 11.4 Å². The first kappa shape index (κ1) is 20.6. The van der Waals surface area contributed by atoms with Gasteiger partial charge in [0.05, 0.1) is 5.41 Å². The van der Waals surface area contributed by atoms with E-state index in [-0.39, 0.29) is 17.3 Å². The molecule has 0 bridgehead atoms. The molecule has 0 radical (unpaired) electrons. The van der Waals surface area contributed by atoms with Crippen molar-refractivity contribution in [3.8, 4) is 11.4 Å². The van der Waals surface area contributed by atoms with Crippen molar-refractivity contribution in [3.05, 3.63) is 71.4 Å². The average molecular weight is 437 g/mol. The molecule has 1 saturated carbocycles. The minimum Gasteiger partial charge on any atom is -0.450 e. The van der Waals surface area contributed by atoms with Crippen molar-refractivity contribution >= 4 is 6.16 Å². The van der Waals surface area contributed by atoms with Crippen molar-refractivity contribution < 1.29 is 23.6 Å². The zero-order chi connectivity index (χ0) is 22.5. The maximum Gasteiger partial charge on any atom is 0.506 e. The van der Waals surface area contributed by atoms with E-state index in [2.05, 4.69) is 23.9 Å². The van der Waals surface area contributed by atoms with Crippen molar-refractivity contribution in [2.75, 3.05) is 13.1 Å². The second kappa shape index (κ2) is 7.41. The Hall–Kier alpha value is -3.26. The Balaban J connectivity index is 1.30. The van der Waals surface area contributed by atoms with Crippen molar-refractivity contribution in [2.24, 2.45) is 5.41 Å². The van der Waals surface area contributed by atoms with E-state index < -0.39 is 11.6 Å². The number of carbonyl (C=O) groups is 1. The molecule has 3 aromatic rings. The molecule has 1 N–H and O–H groups in total. The summed E-state index contributed by atoms with van der Waals surface area (Å²) in [7, 11) is 0. The van der Waals surface area contributed by atoms with E-state index in [1.165, 1.54) is 12.1 Å². The molecule has 2 fully saturated rings. The monoisotopic (exact) mass is 437 g/mol. The lowest BCUT2D eigenvalue weighted by atomic mass is 9.87. The Bertz CT molecular complexity index is 1140. The van der Waals surface area contributed by atoms with Gasteiger partial charge in [-0.1, -0.05) is 55.4 Å². The number of likely N-dealkylation sites (tertiary alicyclic amines) is 1. The third-order valence-corrected chi connectivity index (χ3v) is 6.68. The fraction of sp³-hybridized carbons (Fsp3) is 0.375. The molecule has 1 unspecified atom stereocenters. The molecule has 1 aliphatic heterocycles. The van der Waals surface area contributed by atoms with E-state index >= 15 is 0 Å². The number of hydrogen-bond donors (Lipinski definition) is 1. The second-order valence-corrected chi connectivity index (χ2v) is 9.29. The lowest BCUT2D eigenvalue weighted by Gasteiger charge is -2.37. The first-order valence-electron chi connectivity index (χ1n) is 10.6. The van der Waals surface area contributed by atoms with E-state index in [0.29, 0.717) is 24.8 Å². The lowest BCUT2D eigenvalue weighted by Crippen LogP contribution is -2.52. The number of aromatic nitrogens is 2. The van der Waals surface area contributed by atoms with Crippen molar-refractivity contribution in [1.29, 1.82) is 0 Å². The van der Waals surface area contributed by atoms with Crippen LogP contribution in [0.2, 0.25) is 0 Å². The fourth-order valence-corrected chi connectivity index (χ4v) is 4.73. The van der Waals surface area contributed by atoms with Gasteiger partial charge in [0.25, 0.3) is 0 Å². The van der Waals surface area contributed by atoms with Crippen molar-refractivity contribution in [1.82, 2.24) is 15.0 Å². The lowest BCUT2D eigenvalue weighted by molar-refractivity contribution is -0.0363. The first-order chi connectivity index (χ1) is 15.3. The van der Waals surface area contributed by atoms with Gasteiger partial charge in [0.1, 0.15) is 11.9 Å². The molecule has 1 saturated heterocycles. The van der Waals surface area contributed by atoms with E-state index in [0.717, 1.165) is 29.7 Å². The molecular weight excluding hydrogens is 413 g/mol. The third kappa shape index (κ3) is 3.54. The van der Waals surface area contributed by atoms with Crippen LogP contribution in [0.1, 0.15) is 37.3 Å². The van der Waals surface area contributed by atoms with Gasteiger partial charge in [-0.25, -0.2) is 9.18 Å². The first-order valence-corrected chi connectivity index (χ1v) is 10.6. The molecule has 7 nitrogen and oxygen atoms in total. The molecular formula is C24H24FN3O4. The molecule has 1 atom stereocenters. The summed E-state index contributed by atoms with van der Waals surface area (Å²) in [6.07, 6.45) is -0.617. The van der Waals surface area contributed by atoms with Gasteiger partial charge in [-0.3, -0.25) is 4.90 Å². The molecule has 2 aliphatic rings. The summed E-state index contributed by atoms with van der Waals surface area (Å²) in [4.78, 5) is 17.4. The predicted molar refractivity (Wildman–Crippen MR) is 113 cm³/mol. The Labute approximate surface area is 184 Å². The smallest absolute Gasteiger partial charge is 0.450 e. The molecule has 0 amide bonds. The van der Waals surface area contributed by atoms with E-state index in [9.17, 15) is 9.18 Å². The zero-order valence-electron chi connectivity index (χ0n) is 17.9. The van der Waals surface area contributed by atoms with Crippen LogP contribution in [-0.2, 0) is 16.7 Å². The number of hydrogen-bond acceptors (Lipinski definition) is 6. The minimum absolute atomic E-state index is 0.0576. The molecule has 2 heterocycles. The van der Waals surface area contributed by atoms with Crippen LogP contribution >= 0.6 is 0 Å². The molecule has 5 rings (SSSR count). The number of rotatable bonds is 6. The minimum atomic E-state index is -1.23. The summed E-state index contributed by atoms with van der Waals surface area (Å²) in [5.41, 5.74) is 2.48. The maximum atomic E-state index is 13.4. The second-order valence-electron chi connectivity index (χ2n) is 9.29. The summed E-state index contributed by atoms with van der Waals surface area (Å²) in [6.45, 7) is 6.22. The highest BCUT2D eigenvalue weighted by Crippen LogP contribution is 2.67. The van der Waals surface area contributed by atoms with Gasteiger partial charge in [0, 0.05) is 25.2 Å². The largest absolute Gasteiger partial charge is 0.506 e. The number of nitrogens with zero attached hydrogens (tertiary/aromatic N) is 3. The summed E-state index contributed by atoms with van der Waals surface area (Å²) in [6, 6.07) is 14.5. The van der Waals surface area contributed by atoms with Crippen LogP contribution in [0.4, 0.5) is 9.18 Å². The average Bonchev–Trinajstić information content (AvgIpc) is 3.08. The van der Waals surface area contributed by atoms with Gasteiger partial charge in [0.2, 0.25) is 11.7 Å². The van der Waals surface area contributed by atoms with Crippen LogP contribution in [0.3, 0.4) is 0 Å². The molecule has 0 spiro atoms. The highest BCUT2D eigenvalue weighted by atomic mass is 19.1. The topological polar surface area (TPSA) is 88.7 Å². The molecule has 32 heavy (non-hydrogen) atoms. The Kier molecular flexibility index (Phi) is 4.78. The summed E-state index contributed by atoms with van der Waals surface area (Å²) >= 11 is 0. The molecule has 8 heteroatoms. The van der Waals surface area contributed by atoms with Crippen LogP contribution in [-0.4, -0.2) is 45.5 Å². The Morgan fingerprint density at radius 2 is 1.84 bits per heavy atom. The van der Waals surface area contributed by atoms with Gasteiger partial charge in [-0.2, -0.15) is 4.98 Å². The van der Waals surface area contributed by atoms with E-state index in [1.54, 1.807) is 12.1 Å². The van der Waals surface area contributed by atoms with Crippen molar-refractivity contribution in [3.63, 3.8) is 0 Å². The number of halogens is 1. The quantitative estimate of drug-likeness (QED) is 0.569. The normalized spacial score (nSPS) is 22.3. The summed E-state index contributed by atoms with van der Waals surface area (Å²) < 4.78 is 23.9.